The summed E-state index contributed by atoms with van der Waals surface area (Å²) in [6.07, 6.45) is -0.634. The number of carbonyl (C=O) groups is 5. The van der Waals surface area contributed by atoms with E-state index in [-0.39, 0.29) is 31.1 Å². The average molecular weight is 544 g/mol. The fourth-order valence-corrected chi connectivity index (χ4v) is 4.72. The van der Waals surface area contributed by atoms with Gasteiger partial charge in [-0.3, -0.25) is 19.3 Å². The minimum atomic E-state index is -2.55. The lowest BCUT2D eigenvalue weighted by Gasteiger charge is -2.37. The molecule has 0 spiro atoms. The number of ether oxygens (including phenoxy) is 4. The SMILES string of the molecule is CCOC(=O)[C@H]1C(=O)N(c2ccc(OC)cc2)C(C(=O)OCC)(C(=O)OCC)[C@@H]1CC(=O)c1ccc(F)cc1. The number of benzene rings is 2. The van der Waals surface area contributed by atoms with Gasteiger partial charge in [-0.2, -0.15) is 0 Å². The van der Waals surface area contributed by atoms with Crippen molar-refractivity contribution in [3.63, 3.8) is 0 Å². The first-order valence-corrected chi connectivity index (χ1v) is 12.4. The van der Waals surface area contributed by atoms with Crippen molar-refractivity contribution in [2.24, 2.45) is 11.8 Å². The summed E-state index contributed by atoms with van der Waals surface area (Å²) in [5, 5.41) is 0. The quantitative estimate of drug-likeness (QED) is 0.182. The van der Waals surface area contributed by atoms with Gasteiger partial charge in [0, 0.05) is 23.6 Å². The Morgan fingerprint density at radius 2 is 1.38 bits per heavy atom. The lowest BCUT2D eigenvalue weighted by Crippen LogP contribution is -2.63. The highest BCUT2D eigenvalue weighted by Crippen LogP contribution is 2.47. The van der Waals surface area contributed by atoms with Crippen molar-refractivity contribution in [3.8, 4) is 5.75 Å². The summed E-state index contributed by atoms with van der Waals surface area (Å²) in [6.45, 7) is 4.09. The summed E-state index contributed by atoms with van der Waals surface area (Å²) in [6, 6.07) is 10.5. The minimum Gasteiger partial charge on any atom is -0.497 e. The summed E-state index contributed by atoms with van der Waals surface area (Å²) in [7, 11) is 1.44. The topological polar surface area (TPSA) is 126 Å². The number of rotatable bonds is 11. The van der Waals surface area contributed by atoms with Crippen molar-refractivity contribution in [1.29, 1.82) is 0 Å². The lowest BCUT2D eigenvalue weighted by molar-refractivity contribution is -0.167. The maximum atomic E-state index is 14.0. The van der Waals surface area contributed by atoms with Crippen molar-refractivity contribution in [2.45, 2.75) is 32.7 Å². The monoisotopic (exact) mass is 543 g/mol. The number of hydrogen-bond acceptors (Lipinski definition) is 9. The number of carbonyl (C=O) groups excluding carboxylic acids is 5. The number of amides is 1. The number of nitrogens with zero attached hydrogens (tertiary/aromatic N) is 1. The van der Waals surface area contributed by atoms with Gasteiger partial charge in [-0.05, 0) is 69.3 Å². The van der Waals surface area contributed by atoms with Crippen LogP contribution in [-0.2, 0) is 33.4 Å². The van der Waals surface area contributed by atoms with E-state index in [1.165, 1.54) is 64.3 Å². The molecule has 3 rings (SSSR count). The van der Waals surface area contributed by atoms with Gasteiger partial charge in [0.25, 0.3) is 0 Å². The standard InChI is InChI=1S/C28H30FNO9/c1-5-37-25(33)23-21(16-22(31)17-8-10-18(29)11-9-17)28(26(34)38-6-2,27(35)39-7-3)30(24(23)32)19-12-14-20(36-4)15-13-19/h8-15,21,23H,5-7,16H2,1-4H3/t21-,23-/m1/s1. The molecule has 0 bridgehead atoms. The Balaban J connectivity index is 2.30. The van der Waals surface area contributed by atoms with Crippen molar-refractivity contribution >= 4 is 35.3 Å². The average Bonchev–Trinajstić information content (AvgIpc) is 3.18. The second-order valence-corrected chi connectivity index (χ2v) is 8.55. The second-order valence-electron chi connectivity index (χ2n) is 8.55. The Morgan fingerprint density at radius 3 is 1.87 bits per heavy atom. The van der Waals surface area contributed by atoms with Crippen LogP contribution in [0.15, 0.2) is 48.5 Å². The van der Waals surface area contributed by atoms with Crippen LogP contribution in [-0.4, -0.2) is 62.1 Å². The van der Waals surface area contributed by atoms with Gasteiger partial charge in [-0.15, -0.1) is 0 Å². The van der Waals surface area contributed by atoms with E-state index in [0.29, 0.717) is 5.75 Å². The molecule has 1 amide bonds. The van der Waals surface area contributed by atoms with Crippen LogP contribution >= 0.6 is 0 Å². The normalized spacial score (nSPS) is 17.9. The number of anilines is 1. The fraction of sp³-hybridized carbons (Fsp3) is 0.393. The van der Waals surface area contributed by atoms with Crippen LogP contribution < -0.4 is 9.64 Å². The first-order chi connectivity index (χ1) is 18.7. The molecule has 0 aliphatic carbocycles. The molecule has 1 aliphatic rings. The van der Waals surface area contributed by atoms with E-state index >= 15 is 0 Å². The second kappa shape index (κ2) is 12.5. The van der Waals surface area contributed by atoms with Crippen LogP contribution in [0.5, 0.6) is 5.75 Å². The fourth-order valence-electron chi connectivity index (χ4n) is 4.72. The van der Waals surface area contributed by atoms with E-state index in [0.717, 1.165) is 17.0 Å². The Bertz CT molecular complexity index is 1210. The van der Waals surface area contributed by atoms with Gasteiger partial charge in [0.2, 0.25) is 11.4 Å². The van der Waals surface area contributed by atoms with E-state index < -0.39 is 59.2 Å². The Hall–Kier alpha value is -4.28. The number of Topliss-reactive ketones (excluding diaryl/α,β-unsaturated/α-hetero) is 1. The van der Waals surface area contributed by atoms with Crippen LogP contribution in [0.3, 0.4) is 0 Å². The summed E-state index contributed by atoms with van der Waals surface area (Å²) >= 11 is 0. The van der Waals surface area contributed by atoms with Crippen molar-refractivity contribution in [3.05, 3.63) is 59.9 Å². The van der Waals surface area contributed by atoms with Gasteiger partial charge in [-0.25, -0.2) is 14.0 Å². The third kappa shape index (κ3) is 5.47. The van der Waals surface area contributed by atoms with Gasteiger partial charge in [0.05, 0.1) is 26.9 Å². The number of esters is 3. The van der Waals surface area contributed by atoms with Crippen LogP contribution in [0.2, 0.25) is 0 Å². The third-order valence-electron chi connectivity index (χ3n) is 6.39. The highest BCUT2D eigenvalue weighted by Gasteiger charge is 2.72. The smallest absolute Gasteiger partial charge is 0.344 e. The van der Waals surface area contributed by atoms with Crippen molar-refractivity contribution in [1.82, 2.24) is 0 Å². The predicted octanol–water partition coefficient (Wildman–Crippen LogP) is 3.11. The summed E-state index contributed by atoms with van der Waals surface area (Å²) < 4.78 is 34.4. The Kier molecular flexibility index (Phi) is 9.39. The van der Waals surface area contributed by atoms with Crippen LogP contribution in [0, 0.1) is 17.7 Å². The minimum absolute atomic E-state index is 0.0518. The zero-order valence-corrected chi connectivity index (χ0v) is 22.1. The zero-order valence-electron chi connectivity index (χ0n) is 22.1. The molecule has 1 fully saturated rings. The van der Waals surface area contributed by atoms with Crippen LogP contribution in [0.1, 0.15) is 37.6 Å². The summed E-state index contributed by atoms with van der Waals surface area (Å²) in [5.74, 6) is -8.42. The van der Waals surface area contributed by atoms with Crippen molar-refractivity contribution < 1.29 is 47.3 Å². The molecular formula is C28H30FNO9. The van der Waals surface area contributed by atoms with E-state index in [1.807, 2.05) is 0 Å². The molecule has 2 aromatic carbocycles. The molecule has 39 heavy (non-hydrogen) atoms. The Labute approximate surface area is 225 Å². The molecule has 1 saturated heterocycles. The summed E-state index contributed by atoms with van der Waals surface area (Å²) in [5.41, 5.74) is -2.44. The molecular weight excluding hydrogens is 513 g/mol. The Morgan fingerprint density at radius 1 is 0.846 bits per heavy atom. The highest BCUT2D eigenvalue weighted by atomic mass is 19.1. The molecule has 0 saturated carbocycles. The van der Waals surface area contributed by atoms with Gasteiger partial charge in [0.1, 0.15) is 17.5 Å². The van der Waals surface area contributed by atoms with E-state index in [9.17, 15) is 28.4 Å². The van der Waals surface area contributed by atoms with Gasteiger partial charge in [0.15, 0.2) is 5.78 Å². The molecule has 0 radical (unpaired) electrons. The molecule has 1 aliphatic heterocycles. The number of methoxy groups -OCH3 is 1. The largest absolute Gasteiger partial charge is 0.497 e. The predicted molar refractivity (Wildman–Crippen MR) is 135 cm³/mol. The number of hydrogen-bond donors (Lipinski definition) is 0. The van der Waals surface area contributed by atoms with Gasteiger partial charge < -0.3 is 18.9 Å². The first-order valence-electron chi connectivity index (χ1n) is 12.4. The molecule has 0 N–H and O–H groups in total. The van der Waals surface area contributed by atoms with Gasteiger partial charge >= 0.3 is 17.9 Å². The van der Waals surface area contributed by atoms with E-state index in [2.05, 4.69) is 0 Å². The molecule has 11 heteroatoms. The lowest BCUT2D eigenvalue weighted by atomic mass is 9.75. The van der Waals surface area contributed by atoms with E-state index in [4.69, 9.17) is 18.9 Å². The van der Waals surface area contributed by atoms with Crippen LogP contribution in [0.25, 0.3) is 0 Å². The molecule has 1 heterocycles. The molecule has 10 nitrogen and oxygen atoms in total. The number of halogens is 1. The molecule has 208 valence electrons. The summed E-state index contributed by atoms with van der Waals surface area (Å²) in [4.78, 5) is 69.0. The molecule has 2 aromatic rings. The molecule has 0 unspecified atom stereocenters. The molecule has 2 atom stereocenters. The third-order valence-corrected chi connectivity index (χ3v) is 6.39. The first kappa shape index (κ1) is 29.3. The highest BCUT2D eigenvalue weighted by molar-refractivity contribution is 6.23. The maximum Gasteiger partial charge on any atom is 0.344 e. The zero-order chi connectivity index (χ0) is 28.7. The van der Waals surface area contributed by atoms with Gasteiger partial charge in [-0.1, -0.05) is 0 Å². The van der Waals surface area contributed by atoms with Crippen molar-refractivity contribution in [2.75, 3.05) is 31.8 Å². The van der Waals surface area contributed by atoms with Crippen LogP contribution in [0.4, 0.5) is 10.1 Å². The molecule has 0 aromatic heterocycles. The maximum absolute atomic E-state index is 14.0. The number of ketones is 1. The van der Waals surface area contributed by atoms with E-state index in [1.54, 1.807) is 0 Å².